The average Bonchev–Trinajstić information content (AvgIpc) is 3.65. The Balaban J connectivity index is 0.00000126. The van der Waals surface area contributed by atoms with Crippen LogP contribution < -0.4 is 10.6 Å². The summed E-state index contributed by atoms with van der Waals surface area (Å²) < 4.78 is 0. The Bertz CT molecular complexity index is 1100. The van der Waals surface area contributed by atoms with Crippen LogP contribution in [0.3, 0.4) is 0 Å². The van der Waals surface area contributed by atoms with Gasteiger partial charge in [0, 0.05) is 23.3 Å². The summed E-state index contributed by atoms with van der Waals surface area (Å²) in [5.41, 5.74) is 13.0. The van der Waals surface area contributed by atoms with Gasteiger partial charge in [-0.15, -0.1) is 0 Å². The molecule has 1 amide bonds. The maximum Gasteiger partial charge on any atom is 0.231 e. The van der Waals surface area contributed by atoms with E-state index in [4.69, 9.17) is 5.73 Å². The van der Waals surface area contributed by atoms with E-state index >= 15 is 0 Å². The molecule has 2 aliphatic rings. The third kappa shape index (κ3) is 5.17. The molecule has 0 radical (unpaired) electrons. The number of aryl methyl sites for hydroxylation is 2. The fourth-order valence-electron chi connectivity index (χ4n) is 4.87. The number of nitrogens with two attached hydrogens (primary N) is 1. The summed E-state index contributed by atoms with van der Waals surface area (Å²) in [5, 5.41) is 0. The molecule has 3 aromatic rings. The van der Waals surface area contributed by atoms with Crippen molar-refractivity contribution < 1.29 is 4.79 Å². The number of amides is 1. The Morgan fingerprint density at radius 3 is 2.61 bits per heavy atom. The minimum atomic E-state index is 0.0249. The highest BCUT2D eigenvalue weighted by Crippen LogP contribution is 2.49. The van der Waals surface area contributed by atoms with E-state index < -0.39 is 0 Å². The molecule has 4 nitrogen and oxygen atoms in total. The molecule has 2 aliphatic carbocycles. The van der Waals surface area contributed by atoms with Gasteiger partial charge >= 0.3 is 0 Å². The van der Waals surface area contributed by atoms with Gasteiger partial charge in [0.1, 0.15) is 0 Å². The number of aromatic nitrogens is 1. The third-order valence-corrected chi connectivity index (χ3v) is 6.67. The van der Waals surface area contributed by atoms with Gasteiger partial charge in [-0.05, 0) is 79.5 Å². The molecule has 1 fully saturated rings. The van der Waals surface area contributed by atoms with Gasteiger partial charge < -0.3 is 10.6 Å². The molecule has 1 aromatic heterocycles. The highest BCUT2D eigenvalue weighted by molar-refractivity contribution is 5.97. The van der Waals surface area contributed by atoms with Crippen LogP contribution in [-0.4, -0.2) is 10.9 Å². The lowest BCUT2D eigenvalue weighted by Crippen LogP contribution is -2.33. The summed E-state index contributed by atoms with van der Waals surface area (Å²) in [5.74, 6) is 0.514. The van der Waals surface area contributed by atoms with Gasteiger partial charge in [-0.3, -0.25) is 9.78 Å². The molecule has 0 spiro atoms. The van der Waals surface area contributed by atoms with Crippen LogP contribution in [0.5, 0.6) is 0 Å². The largest absolute Gasteiger partial charge is 0.324 e. The molecule has 3 atom stereocenters. The zero-order valence-corrected chi connectivity index (χ0v) is 20.0. The number of fused-ring (bicyclic) bond motifs is 1. The summed E-state index contributed by atoms with van der Waals surface area (Å²) >= 11 is 0. The van der Waals surface area contributed by atoms with Crippen LogP contribution in [0, 0.1) is 12.8 Å². The molecule has 2 N–H and O–H groups in total. The van der Waals surface area contributed by atoms with Crippen LogP contribution in [-0.2, 0) is 17.8 Å². The molecular weight excluding hydrogens is 406 g/mol. The van der Waals surface area contributed by atoms with Crippen molar-refractivity contribution in [3.63, 3.8) is 0 Å². The predicted molar refractivity (Wildman–Crippen MR) is 135 cm³/mol. The van der Waals surface area contributed by atoms with E-state index in [0.29, 0.717) is 12.5 Å². The minimum absolute atomic E-state index is 0.0249. The van der Waals surface area contributed by atoms with Gasteiger partial charge in [0.05, 0.1) is 12.2 Å². The van der Waals surface area contributed by atoms with Crippen LogP contribution in [0.15, 0.2) is 66.7 Å². The van der Waals surface area contributed by atoms with Crippen molar-refractivity contribution in [3.05, 3.63) is 94.8 Å². The fraction of sp³-hybridized carbons (Fsp3) is 0.379. The first kappa shape index (κ1) is 23.2. The topological polar surface area (TPSA) is 59.2 Å². The molecule has 3 unspecified atom stereocenters. The second kappa shape index (κ2) is 10.3. The molecule has 4 heteroatoms. The van der Waals surface area contributed by atoms with Crippen molar-refractivity contribution in [3.8, 4) is 0 Å². The lowest BCUT2D eigenvalue weighted by atomic mass is 9.88. The van der Waals surface area contributed by atoms with E-state index in [1.54, 1.807) is 0 Å². The molecule has 1 saturated carbocycles. The summed E-state index contributed by atoms with van der Waals surface area (Å²) in [6.07, 6.45) is 4.10. The number of anilines is 1. The highest BCUT2D eigenvalue weighted by Gasteiger charge is 2.46. The second-order valence-corrected chi connectivity index (χ2v) is 8.94. The van der Waals surface area contributed by atoms with Crippen LogP contribution >= 0.6 is 0 Å². The normalized spacial score (nSPS) is 20.8. The fourth-order valence-corrected chi connectivity index (χ4v) is 4.87. The summed E-state index contributed by atoms with van der Waals surface area (Å²) in [6.45, 7) is 6.46. The Morgan fingerprint density at radius 2 is 1.85 bits per heavy atom. The highest BCUT2D eigenvalue weighted by atomic mass is 16.2. The van der Waals surface area contributed by atoms with E-state index in [0.717, 1.165) is 42.8 Å². The molecule has 172 valence electrons. The molecule has 0 bridgehead atoms. The monoisotopic (exact) mass is 441 g/mol. The van der Waals surface area contributed by atoms with Crippen LogP contribution in [0.25, 0.3) is 0 Å². The van der Waals surface area contributed by atoms with Crippen molar-refractivity contribution in [1.82, 2.24) is 4.98 Å². The van der Waals surface area contributed by atoms with E-state index in [2.05, 4.69) is 47.4 Å². The van der Waals surface area contributed by atoms with E-state index in [9.17, 15) is 4.79 Å². The van der Waals surface area contributed by atoms with Gasteiger partial charge in [0.15, 0.2) is 0 Å². The third-order valence-electron chi connectivity index (χ3n) is 6.67. The number of nitrogens with zero attached hydrogens (tertiary/aromatic N) is 2. The van der Waals surface area contributed by atoms with Crippen LogP contribution in [0.1, 0.15) is 73.1 Å². The average molecular weight is 442 g/mol. The van der Waals surface area contributed by atoms with E-state index in [1.165, 1.54) is 16.7 Å². The number of carbonyl (C=O) groups is 1. The second-order valence-electron chi connectivity index (χ2n) is 8.94. The SMILES string of the molecule is CC.Cc1cccc(CN(C(=O)C2CC2c2ccccc2)c2ccc3c(c2)C(N)CCC3)n1. The maximum absolute atomic E-state index is 13.7. The molecule has 2 aromatic carbocycles. The Morgan fingerprint density at radius 1 is 1.06 bits per heavy atom. The van der Waals surface area contributed by atoms with E-state index in [-0.39, 0.29) is 17.9 Å². The zero-order chi connectivity index (χ0) is 23.4. The summed E-state index contributed by atoms with van der Waals surface area (Å²) in [6, 6.07) is 22.8. The smallest absolute Gasteiger partial charge is 0.231 e. The first-order chi connectivity index (χ1) is 16.1. The Labute approximate surface area is 197 Å². The standard InChI is InChI=1S/C27H29N3O.C2H6/c1-18-7-5-11-21(29-18)17-30(22-14-13-20-10-6-12-26(28)24(20)15-22)27(31)25-16-23(25)19-8-3-2-4-9-19;1-2/h2-5,7-9,11,13-15,23,25-26H,6,10,12,16-17,28H2,1H3;1-2H3. The number of hydrogen-bond acceptors (Lipinski definition) is 3. The van der Waals surface area contributed by atoms with Crippen molar-refractivity contribution in [2.24, 2.45) is 11.7 Å². The van der Waals surface area contributed by atoms with Gasteiger partial charge in [0.25, 0.3) is 0 Å². The van der Waals surface area contributed by atoms with Crippen molar-refractivity contribution in [1.29, 1.82) is 0 Å². The van der Waals surface area contributed by atoms with Crippen molar-refractivity contribution in [2.45, 2.75) is 65.0 Å². The zero-order valence-electron chi connectivity index (χ0n) is 20.0. The predicted octanol–water partition coefficient (Wildman–Crippen LogP) is 6.09. The number of rotatable bonds is 5. The van der Waals surface area contributed by atoms with E-state index in [1.807, 2.05) is 49.9 Å². The summed E-state index contributed by atoms with van der Waals surface area (Å²) in [7, 11) is 0. The maximum atomic E-state index is 13.7. The Kier molecular flexibility index (Phi) is 7.24. The minimum Gasteiger partial charge on any atom is -0.324 e. The molecule has 5 rings (SSSR count). The molecule has 0 saturated heterocycles. The van der Waals surface area contributed by atoms with Crippen LogP contribution in [0.4, 0.5) is 5.69 Å². The lowest BCUT2D eigenvalue weighted by Gasteiger charge is -2.27. The quantitative estimate of drug-likeness (QED) is 0.521. The first-order valence-electron chi connectivity index (χ1n) is 12.3. The first-order valence-corrected chi connectivity index (χ1v) is 12.3. The lowest BCUT2D eigenvalue weighted by molar-refractivity contribution is -0.120. The molecule has 0 aliphatic heterocycles. The van der Waals surface area contributed by atoms with Crippen molar-refractivity contribution >= 4 is 11.6 Å². The number of pyridine rings is 1. The Hall–Kier alpha value is -2.98. The van der Waals surface area contributed by atoms with Gasteiger partial charge in [-0.25, -0.2) is 0 Å². The van der Waals surface area contributed by atoms with Crippen molar-refractivity contribution in [2.75, 3.05) is 4.90 Å². The molecule has 1 heterocycles. The number of benzene rings is 2. The van der Waals surface area contributed by atoms with Crippen LogP contribution in [0.2, 0.25) is 0 Å². The molecular formula is C29H35N3O. The number of hydrogen-bond donors (Lipinski definition) is 1. The number of carbonyl (C=O) groups excluding carboxylic acids is 1. The van der Waals surface area contributed by atoms with Gasteiger partial charge in [-0.2, -0.15) is 0 Å². The van der Waals surface area contributed by atoms with Gasteiger partial charge in [0.2, 0.25) is 5.91 Å². The summed E-state index contributed by atoms with van der Waals surface area (Å²) in [4.78, 5) is 20.3. The van der Waals surface area contributed by atoms with Gasteiger partial charge in [-0.1, -0.05) is 56.3 Å². The molecule has 33 heavy (non-hydrogen) atoms.